The molecule has 6 heterocycles. The van der Waals surface area contributed by atoms with Crippen molar-refractivity contribution < 1.29 is 14.7 Å². The van der Waals surface area contributed by atoms with Crippen molar-refractivity contribution in [3.63, 3.8) is 0 Å². The number of anilines is 2. The van der Waals surface area contributed by atoms with Crippen LogP contribution in [0.1, 0.15) is 58.9 Å². The number of carbonyl (C=O) groups excluding carboxylic acids is 2. The largest absolute Gasteiger partial charge is 0.390 e. The number of likely N-dealkylation sites (tertiary alicyclic amines) is 2. The highest BCUT2D eigenvalue weighted by atomic mass is 16.3. The van der Waals surface area contributed by atoms with Crippen LogP contribution in [0.25, 0.3) is 0 Å². The number of rotatable bonds is 5. The Morgan fingerprint density at radius 1 is 0.867 bits per heavy atom. The van der Waals surface area contributed by atoms with Gasteiger partial charge in [0.2, 0.25) is 11.9 Å². The molecule has 2 N–H and O–H groups in total. The van der Waals surface area contributed by atoms with Crippen molar-refractivity contribution in [3.05, 3.63) is 76.7 Å². The van der Waals surface area contributed by atoms with Gasteiger partial charge in [0.15, 0.2) is 0 Å². The van der Waals surface area contributed by atoms with Gasteiger partial charge in [-0.3, -0.25) is 19.5 Å². The lowest BCUT2D eigenvalue weighted by atomic mass is 9.94. The Morgan fingerprint density at radius 3 is 2.42 bits per heavy atom. The van der Waals surface area contributed by atoms with E-state index in [0.717, 1.165) is 50.9 Å². The molecule has 4 aliphatic heterocycles. The summed E-state index contributed by atoms with van der Waals surface area (Å²) in [5.41, 5.74) is 5.46. The highest BCUT2D eigenvalue weighted by molar-refractivity contribution is 5.93. The van der Waals surface area contributed by atoms with Crippen molar-refractivity contribution >= 4 is 23.6 Å². The molecule has 0 bridgehead atoms. The SMILES string of the molecule is CC(=O)N1CCC(Nc2cc(C(=O)N3CC[C@@H](N4CCc5ccccc5C4)[C@H](O)C3)nc(N3CCc4ccncc4C3)n2)CC1. The molecule has 0 aliphatic carbocycles. The maximum absolute atomic E-state index is 14.0. The van der Waals surface area contributed by atoms with Crippen molar-refractivity contribution in [2.45, 2.75) is 70.3 Å². The Hall–Kier alpha value is -4.09. The second-order valence-electron chi connectivity index (χ2n) is 12.8. The minimum atomic E-state index is -0.635. The molecule has 0 spiro atoms. The van der Waals surface area contributed by atoms with Crippen molar-refractivity contribution in [1.29, 1.82) is 0 Å². The molecule has 7 rings (SSSR count). The van der Waals surface area contributed by atoms with Crippen LogP contribution in [-0.2, 0) is 30.7 Å². The molecule has 0 unspecified atom stereocenters. The Morgan fingerprint density at radius 2 is 1.62 bits per heavy atom. The first-order valence-corrected chi connectivity index (χ1v) is 16.3. The number of β-amino-alcohol motifs (C(OH)–C–C–N with tert-alkyl or cyclic N) is 1. The zero-order valence-electron chi connectivity index (χ0n) is 25.9. The number of hydrogen-bond donors (Lipinski definition) is 2. The summed E-state index contributed by atoms with van der Waals surface area (Å²) >= 11 is 0. The summed E-state index contributed by atoms with van der Waals surface area (Å²) in [4.78, 5) is 47.9. The number of carbonyl (C=O) groups is 2. The van der Waals surface area contributed by atoms with E-state index in [-0.39, 0.29) is 30.4 Å². The number of nitrogens with zero attached hydrogens (tertiary/aromatic N) is 7. The lowest BCUT2D eigenvalue weighted by molar-refractivity contribution is -0.129. The molecule has 2 saturated heterocycles. The van der Waals surface area contributed by atoms with Crippen LogP contribution in [0.3, 0.4) is 0 Å². The average Bonchev–Trinajstić information content (AvgIpc) is 3.07. The number of pyridine rings is 1. The summed E-state index contributed by atoms with van der Waals surface area (Å²) in [5.74, 6) is 1.04. The highest BCUT2D eigenvalue weighted by Crippen LogP contribution is 2.28. The molecule has 2 amide bonds. The minimum Gasteiger partial charge on any atom is -0.390 e. The first kappa shape index (κ1) is 29.6. The third-order valence-electron chi connectivity index (χ3n) is 9.99. The third kappa shape index (κ3) is 6.37. The first-order chi connectivity index (χ1) is 21.9. The van der Waals surface area contributed by atoms with E-state index in [9.17, 15) is 14.7 Å². The van der Waals surface area contributed by atoms with Gasteiger partial charge in [-0.1, -0.05) is 24.3 Å². The summed E-state index contributed by atoms with van der Waals surface area (Å²) in [5, 5.41) is 14.8. The summed E-state index contributed by atoms with van der Waals surface area (Å²) in [6.45, 7) is 6.95. The Bertz CT molecular complexity index is 1560. The normalized spacial score (nSPS) is 22.5. The predicted molar refractivity (Wildman–Crippen MR) is 171 cm³/mol. The molecular formula is C34H42N8O3. The van der Waals surface area contributed by atoms with E-state index in [2.05, 4.69) is 50.4 Å². The molecule has 2 aromatic heterocycles. The Balaban J connectivity index is 1.08. The molecule has 45 heavy (non-hydrogen) atoms. The topological polar surface area (TPSA) is 118 Å². The second-order valence-corrected chi connectivity index (χ2v) is 12.8. The number of piperidine rings is 2. The standard InChI is InChI=1S/C34H42N8O3/c1-23(43)39-15-9-28(10-16-39)36-32-18-29(37-34(38-32)42-14-8-25-6-12-35-19-27(25)21-42)33(45)41-17-11-30(31(44)22-41)40-13-7-24-4-2-3-5-26(24)20-40/h2-6,12,18-19,28,30-31,44H,7-11,13-17,20-22H2,1H3,(H,36,37,38)/t30-,31-/m1/s1. The maximum Gasteiger partial charge on any atom is 0.272 e. The van der Waals surface area contributed by atoms with Gasteiger partial charge in [-0.2, -0.15) is 4.98 Å². The molecule has 0 saturated carbocycles. The number of amides is 2. The molecule has 2 atom stereocenters. The van der Waals surface area contributed by atoms with E-state index in [4.69, 9.17) is 9.97 Å². The number of aromatic nitrogens is 3. The Labute approximate surface area is 264 Å². The van der Waals surface area contributed by atoms with Gasteiger partial charge in [-0.05, 0) is 60.4 Å². The number of nitrogens with one attached hydrogen (secondary N) is 1. The highest BCUT2D eigenvalue weighted by Gasteiger charge is 2.36. The van der Waals surface area contributed by atoms with Crippen molar-refractivity contribution in [3.8, 4) is 0 Å². The molecule has 3 aromatic rings. The van der Waals surface area contributed by atoms with Gasteiger partial charge >= 0.3 is 0 Å². The summed E-state index contributed by atoms with van der Waals surface area (Å²) < 4.78 is 0. The summed E-state index contributed by atoms with van der Waals surface area (Å²) in [6.07, 6.45) is 7.25. The molecule has 0 radical (unpaired) electrons. The molecular weight excluding hydrogens is 568 g/mol. The fraction of sp³-hybridized carbons (Fsp3) is 0.500. The molecule has 4 aliphatic rings. The third-order valence-corrected chi connectivity index (χ3v) is 9.99. The lowest BCUT2D eigenvalue weighted by Gasteiger charge is -2.43. The van der Waals surface area contributed by atoms with Crippen LogP contribution in [0.2, 0.25) is 0 Å². The smallest absolute Gasteiger partial charge is 0.272 e. The molecule has 2 fully saturated rings. The quantitative estimate of drug-likeness (QED) is 0.449. The number of aliphatic hydroxyl groups is 1. The molecule has 236 valence electrons. The van der Waals surface area contributed by atoms with Gasteiger partial charge in [0, 0.05) is 89.8 Å². The molecule has 11 heteroatoms. The predicted octanol–water partition coefficient (Wildman–Crippen LogP) is 2.49. The van der Waals surface area contributed by atoms with E-state index < -0.39 is 6.10 Å². The van der Waals surface area contributed by atoms with Crippen molar-refractivity contribution in [2.75, 3.05) is 49.5 Å². The molecule has 11 nitrogen and oxygen atoms in total. The summed E-state index contributed by atoms with van der Waals surface area (Å²) in [7, 11) is 0. The number of aliphatic hydroxyl groups excluding tert-OH is 1. The number of fused-ring (bicyclic) bond motifs is 2. The second kappa shape index (κ2) is 12.7. The van der Waals surface area contributed by atoms with Gasteiger partial charge in [0.05, 0.1) is 6.10 Å². The van der Waals surface area contributed by atoms with Gasteiger partial charge in [-0.25, -0.2) is 4.98 Å². The fourth-order valence-electron chi connectivity index (χ4n) is 7.35. The zero-order chi connectivity index (χ0) is 30.9. The van der Waals surface area contributed by atoms with Crippen LogP contribution in [-0.4, -0.2) is 104 Å². The van der Waals surface area contributed by atoms with Crippen LogP contribution in [0.15, 0.2) is 48.8 Å². The monoisotopic (exact) mass is 610 g/mol. The van der Waals surface area contributed by atoms with Crippen molar-refractivity contribution in [2.24, 2.45) is 0 Å². The van der Waals surface area contributed by atoms with Crippen LogP contribution in [0, 0.1) is 0 Å². The van der Waals surface area contributed by atoms with E-state index in [1.807, 2.05) is 17.3 Å². The van der Waals surface area contributed by atoms with E-state index >= 15 is 0 Å². The fourth-order valence-corrected chi connectivity index (χ4v) is 7.35. The van der Waals surface area contributed by atoms with Crippen molar-refractivity contribution in [1.82, 2.24) is 29.7 Å². The van der Waals surface area contributed by atoms with Crippen LogP contribution in [0.5, 0.6) is 0 Å². The number of benzene rings is 1. The lowest BCUT2D eigenvalue weighted by Crippen LogP contribution is -2.56. The maximum atomic E-state index is 14.0. The van der Waals surface area contributed by atoms with Gasteiger partial charge in [-0.15, -0.1) is 0 Å². The average molecular weight is 611 g/mol. The summed E-state index contributed by atoms with van der Waals surface area (Å²) in [6, 6.07) is 12.5. The van der Waals surface area contributed by atoms with Gasteiger partial charge < -0.3 is 25.1 Å². The van der Waals surface area contributed by atoms with Gasteiger partial charge in [0.25, 0.3) is 5.91 Å². The van der Waals surface area contributed by atoms with Crippen LogP contribution < -0.4 is 10.2 Å². The van der Waals surface area contributed by atoms with E-state index in [1.54, 1.807) is 17.9 Å². The number of hydrogen-bond acceptors (Lipinski definition) is 9. The Kier molecular flexibility index (Phi) is 8.37. The minimum absolute atomic E-state index is 0.0171. The first-order valence-electron chi connectivity index (χ1n) is 16.3. The van der Waals surface area contributed by atoms with Crippen LogP contribution >= 0.6 is 0 Å². The van der Waals surface area contributed by atoms with Gasteiger partial charge in [0.1, 0.15) is 11.5 Å². The molecule has 1 aromatic carbocycles. The van der Waals surface area contributed by atoms with E-state index in [1.165, 1.54) is 16.7 Å². The van der Waals surface area contributed by atoms with E-state index in [0.29, 0.717) is 50.1 Å². The zero-order valence-corrected chi connectivity index (χ0v) is 25.9. The van der Waals surface area contributed by atoms with Crippen LogP contribution in [0.4, 0.5) is 11.8 Å².